The number of nitrogens with one attached hydrogen (secondary N) is 1. The highest BCUT2D eigenvalue weighted by Crippen LogP contribution is 2.29. The van der Waals surface area contributed by atoms with Crippen molar-refractivity contribution in [3.8, 4) is 0 Å². The summed E-state index contributed by atoms with van der Waals surface area (Å²) >= 11 is 0. The van der Waals surface area contributed by atoms with Crippen molar-refractivity contribution in [1.29, 1.82) is 0 Å². The van der Waals surface area contributed by atoms with Gasteiger partial charge in [-0.05, 0) is 5.53 Å². The maximum absolute atomic E-state index is 13.4. The van der Waals surface area contributed by atoms with Gasteiger partial charge in [-0.1, -0.05) is 5.11 Å². The van der Waals surface area contributed by atoms with E-state index in [1.165, 1.54) is 0 Å². The molecule has 1 aliphatic heterocycles. The van der Waals surface area contributed by atoms with Crippen LogP contribution in [0.4, 0.5) is 10.1 Å². The minimum atomic E-state index is -1.42. The summed E-state index contributed by atoms with van der Waals surface area (Å²) < 4.78 is 19.5. The normalized spacial score (nSPS) is 26.1. The first-order valence-electron chi connectivity index (χ1n) is 5.37. The molecule has 0 aliphatic carbocycles. The van der Waals surface area contributed by atoms with E-state index in [1.807, 2.05) is 4.98 Å². The number of ether oxygens (including phenoxy) is 1. The van der Waals surface area contributed by atoms with Crippen LogP contribution in [0.15, 0.2) is 20.9 Å². The van der Waals surface area contributed by atoms with E-state index in [0.717, 1.165) is 10.8 Å². The van der Waals surface area contributed by atoms with Crippen LogP contribution in [0.1, 0.15) is 12.6 Å². The van der Waals surface area contributed by atoms with E-state index in [-0.39, 0.29) is 12.1 Å². The molecule has 0 spiro atoms. The van der Waals surface area contributed by atoms with Crippen LogP contribution in [0.3, 0.4) is 0 Å². The Morgan fingerprint density at radius 3 is 3.00 bits per heavy atom. The van der Waals surface area contributed by atoms with Crippen LogP contribution in [0.25, 0.3) is 10.4 Å². The van der Waals surface area contributed by atoms with Crippen LogP contribution in [0.2, 0.25) is 0 Å². The average molecular weight is 271 g/mol. The highest BCUT2D eigenvalue weighted by atomic mass is 19.1. The van der Waals surface area contributed by atoms with Gasteiger partial charge in [0.05, 0.1) is 6.61 Å². The van der Waals surface area contributed by atoms with Crippen molar-refractivity contribution in [3.05, 3.63) is 37.5 Å². The van der Waals surface area contributed by atoms with E-state index in [1.54, 1.807) is 0 Å². The van der Waals surface area contributed by atoms with E-state index in [9.17, 15) is 14.0 Å². The number of aromatic amines is 1. The number of nitrogens with zero attached hydrogens (tertiary/aromatic N) is 4. The Bertz CT molecular complexity index is 634. The predicted octanol–water partition coefficient (Wildman–Crippen LogP) is 0.0963. The number of rotatable bonds is 3. The van der Waals surface area contributed by atoms with Crippen molar-refractivity contribution < 1.29 is 14.2 Å². The molecule has 1 aromatic heterocycles. The molecule has 9 nitrogen and oxygen atoms in total. The van der Waals surface area contributed by atoms with Gasteiger partial charge in [-0.15, -0.1) is 0 Å². The number of alkyl halides is 1. The van der Waals surface area contributed by atoms with E-state index in [0.29, 0.717) is 0 Å². The second kappa shape index (κ2) is 5.22. The Morgan fingerprint density at radius 1 is 1.68 bits per heavy atom. The molecule has 1 aromatic rings. The van der Waals surface area contributed by atoms with Gasteiger partial charge < -0.3 is 9.84 Å². The second-order valence-electron chi connectivity index (χ2n) is 3.93. The molecule has 2 N–H and O–H groups in total. The molecular weight excluding hydrogens is 261 g/mol. The summed E-state index contributed by atoms with van der Waals surface area (Å²) in [5.41, 5.74) is 6.31. The number of hydrogen-bond donors (Lipinski definition) is 2. The summed E-state index contributed by atoms with van der Waals surface area (Å²) in [6.07, 6.45) is -2.56. The van der Waals surface area contributed by atoms with Crippen molar-refractivity contribution in [3.63, 3.8) is 0 Å². The zero-order valence-corrected chi connectivity index (χ0v) is 9.56. The summed E-state index contributed by atoms with van der Waals surface area (Å²) in [5.74, 6) is 0. The predicted molar refractivity (Wildman–Crippen MR) is 60.6 cm³/mol. The third-order valence-corrected chi connectivity index (χ3v) is 2.75. The van der Waals surface area contributed by atoms with Crippen molar-refractivity contribution in [2.75, 3.05) is 6.61 Å². The summed E-state index contributed by atoms with van der Waals surface area (Å²) in [5, 5.41) is 12.0. The number of aromatic nitrogens is 2. The fourth-order valence-corrected chi connectivity index (χ4v) is 1.83. The summed E-state index contributed by atoms with van der Waals surface area (Å²) in [6, 6.07) is 0. The number of H-pyrrole nitrogens is 1. The largest absolute Gasteiger partial charge is 0.394 e. The van der Waals surface area contributed by atoms with Crippen LogP contribution in [-0.4, -0.2) is 33.5 Å². The zero-order chi connectivity index (χ0) is 14.0. The molecule has 1 unspecified atom stereocenters. The van der Waals surface area contributed by atoms with E-state index >= 15 is 0 Å². The first-order chi connectivity index (χ1) is 9.06. The Morgan fingerprint density at radius 2 is 2.42 bits per heavy atom. The van der Waals surface area contributed by atoms with Crippen molar-refractivity contribution in [1.82, 2.24) is 9.55 Å². The lowest BCUT2D eigenvalue weighted by Crippen LogP contribution is -2.32. The van der Waals surface area contributed by atoms with Gasteiger partial charge in [0.25, 0.3) is 5.56 Å². The second-order valence-corrected chi connectivity index (χ2v) is 3.93. The van der Waals surface area contributed by atoms with E-state index < -0.39 is 36.4 Å². The Kier molecular flexibility index (Phi) is 3.65. The highest BCUT2D eigenvalue weighted by molar-refractivity contribution is 5.29. The third kappa shape index (κ3) is 2.50. The molecule has 0 aromatic carbocycles. The van der Waals surface area contributed by atoms with Gasteiger partial charge in [-0.2, -0.15) is 0 Å². The number of aliphatic hydroxyl groups is 1. The molecule has 1 aliphatic rings. The van der Waals surface area contributed by atoms with E-state index in [4.69, 9.17) is 15.4 Å². The van der Waals surface area contributed by atoms with Crippen LogP contribution in [0.5, 0.6) is 0 Å². The summed E-state index contributed by atoms with van der Waals surface area (Å²) in [6.45, 7) is -0.515. The molecule has 19 heavy (non-hydrogen) atoms. The Labute approximate surface area is 104 Å². The molecule has 1 fully saturated rings. The van der Waals surface area contributed by atoms with Crippen molar-refractivity contribution in [2.24, 2.45) is 5.11 Å². The maximum Gasteiger partial charge on any atom is 0.330 e. The smallest absolute Gasteiger partial charge is 0.330 e. The SMILES string of the molecule is [N-]=[N+]=Nc1cn([C@@H]2CC(F)[C@H](CO)O2)c(=O)[nH]c1=O. The Hall–Kier alpha value is -2.16. The zero-order valence-electron chi connectivity index (χ0n) is 9.56. The average Bonchev–Trinajstić information content (AvgIpc) is 2.74. The topological polar surface area (TPSA) is 133 Å². The van der Waals surface area contributed by atoms with Gasteiger partial charge in [0.1, 0.15) is 24.2 Å². The Balaban J connectivity index is 2.41. The molecule has 2 rings (SSSR count). The number of hydrogen-bond acceptors (Lipinski definition) is 5. The highest BCUT2D eigenvalue weighted by Gasteiger charge is 2.36. The number of halogens is 1. The molecule has 2 heterocycles. The molecule has 0 saturated carbocycles. The fraction of sp³-hybridized carbons (Fsp3) is 0.556. The van der Waals surface area contributed by atoms with Crippen molar-refractivity contribution in [2.45, 2.75) is 24.9 Å². The summed E-state index contributed by atoms with van der Waals surface area (Å²) in [4.78, 5) is 27.3. The lowest BCUT2D eigenvalue weighted by Gasteiger charge is -2.14. The molecule has 102 valence electrons. The standard InChI is InChI=1S/C9H10FN5O4/c10-4-1-7(19-6(4)3-16)15-2-5(13-14-11)8(17)12-9(15)18/h2,4,6-7,16H,1,3H2,(H,12,17,18)/t4?,6-,7-/m0/s1. The van der Waals surface area contributed by atoms with Crippen LogP contribution in [0, 0.1) is 0 Å². The van der Waals surface area contributed by atoms with E-state index in [2.05, 4.69) is 10.0 Å². The maximum atomic E-state index is 13.4. The molecule has 1 saturated heterocycles. The lowest BCUT2D eigenvalue weighted by atomic mass is 10.2. The first-order valence-corrected chi connectivity index (χ1v) is 5.37. The van der Waals surface area contributed by atoms with Crippen LogP contribution in [-0.2, 0) is 4.74 Å². The molecule has 3 atom stereocenters. The number of azide groups is 1. The minimum Gasteiger partial charge on any atom is -0.394 e. The van der Waals surface area contributed by atoms with Gasteiger partial charge in [-0.3, -0.25) is 14.3 Å². The molecule has 0 bridgehead atoms. The first kappa shape index (κ1) is 13.3. The molecular formula is C9H10FN5O4. The lowest BCUT2D eigenvalue weighted by molar-refractivity contribution is -0.0355. The summed E-state index contributed by atoms with van der Waals surface area (Å²) in [7, 11) is 0. The fourth-order valence-electron chi connectivity index (χ4n) is 1.83. The van der Waals surface area contributed by atoms with Gasteiger partial charge >= 0.3 is 5.69 Å². The number of aliphatic hydroxyl groups excluding tert-OH is 1. The quantitative estimate of drug-likeness (QED) is 0.458. The van der Waals surface area contributed by atoms with Gasteiger partial charge in [-0.25, -0.2) is 9.18 Å². The van der Waals surface area contributed by atoms with Crippen LogP contribution >= 0.6 is 0 Å². The third-order valence-electron chi connectivity index (χ3n) is 2.75. The molecule has 0 amide bonds. The molecule has 0 radical (unpaired) electrons. The molecule has 10 heteroatoms. The van der Waals surface area contributed by atoms with Crippen LogP contribution < -0.4 is 11.2 Å². The van der Waals surface area contributed by atoms with Gasteiger partial charge in [0, 0.05) is 17.5 Å². The minimum absolute atomic E-state index is 0.146. The monoisotopic (exact) mass is 271 g/mol. The van der Waals surface area contributed by atoms with Gasteiger partial charge in [0.2, 0.25) is 0 Å². The van der Waals surface area contributed by atoms with Crippen molar-refractivity contribution >= 4 is 5.69 Å². The van der Waals surface area contributed by atoms with Gasteiger partial charge in [0.15, 0.2) is 0 Å².